The predicted molar refractivity (Wildman–Crippen MR) is 73.7 cm³/mol. The number of aliphatic hydroxyl groups is 1. The van der Waals surface area contributed by atoms with Gasteiger partial charge in [-0.1, -0.05) is 12.1 Å². The van der Waals surface area contributed by atoms with Crippen molar-refractivity contribution in [2.45, 2.75) is 10.4 Å². The van der Waals surface area contributed by atoms with E-state index in [1.54, 1.807) is 24.3 Å². The van der Waals surface area contributed by atoms with Crippen LogP contribution in [0.4, 0.5) is 4.79 Å². The summed E-state index contributed by atoms with van der Waals surface area (Å²) in [6, 6.07) is 6.99. The molecule has 1 aromatic heterocycles. The van der Waals surface area contributed by atoms with Crippen molar-refractivity contribution in [1.29, 1.82) is 0 Å². The zero-order chi connectivity index (χ0) is 14.8. The van der Waals surface area contributed by atoms with Gasteiger partial charge in [0.1, 0.15) is 0 Å². The maximum atomic E-state index is 12.1. The summed E-state index contributed by atoms with van der Waals surface area (Å²) in [5.41, 5.74) is 0.578. The number of carbonyl (C=O) groups is 1. The third-order valence-electron chi connectivity index (χ3n) is 2.44. The van der Waals surface area contributed by atoms with E-state index in [9.17, 15) is 18.3 Å². The van der Waals surface area contributed by atoms with Crippen LogP contribution in [0.3, 0.4) is 0 Å². The van der Waals surface area contributed by atoms with Gasteiger partial charge in [0.2, 0.25) is 14.2 Å². The van der Waals surface area contributed by atoms with Gasteiger partial charge in [-0.2, -0.15) is 0 Å². The van der Waals surface area contributed by atoms with Crippen molar-refractivity contribution < 1.29 is 23.4 Å². The normalized spacial score (nSPS) is 13.2. The van der Waals surface area contributed by atoms with E-state index in [0.29, 0.717) is 5.52 Å². The molecular weight excluding hydrogens is 304 g/mol. The van der Waals surface area contributed by atoms with Crippen molar-refractivity contribution in [1.82, 2.24) is 10.3 Å². The Hall–Kier alpha value is -1.71. The Morgan fingerprint density at radius 1 is 1.40 bits per heavy atom. The van der Waals surface area contributed by atoms with Gasteiger partial charge in [-0.15, -0.1) is 11.3 Å². The summed E-state index contributed by atoms with van der Waals surface area (Å²) in [6.07, 6.45) is -2.63. The minimum absolute atomic E-state index is 0.0759. The molecule has 0 saturated heterocycles. The van der Waals surface area contributed by atoms with Crippen molar-refractivity contribution in [3.63, 3.8) is 0 Å². The molecule has 9 heteroatoms. The number of aromatic nitrogens is 1. The number of nitrogens with zero attached hydrogens (tertiary/aromatic N) is 1. The van der Waals surface area contributed by atoms with E-state index in [-0.39, 0.29) is 10.9 Å². The fourth-order valence-electron chi connectivity index (χ4n) is 1.57. The Kier molecular flexibility index (Phi) is 4.21. The molecule has 0 saturated carbocycles. The first-order chi connectivity index (χ1) is 9.38. The number of rotatable bonds is 5. The fraction of sp³-hybridized carbons (Fsp3) is 0.273. The molecule has 108 valence electrons. The van der Waals surface area contributed by atoms with Crippen molar-refractivity contribution >= 4 is 37.5 Å². The molecule has 1 amide bonds. The minimum Gasteiger partial charge on any atom is -0.465 e. The van der Waals surface area contributed by atoms with Crippen molar-refractivity contribution in [2.75, 3.05) is 12.3 Å². The van der Waals surface area contributed by atoms with Crippen LogP contribution < -0.4 is 5.32 Å². The molecule has 1 atom stereocenters. The van der Waals surface area contributed by atoms with Gasteiger partial charge >= 0.3 is 6.09 Å². The molecule has 1 heterocycles. The Balaban J connectivity index is 2.15. The smallest absolute Gasteiger partial charge is 0.404 e. The highest BCUT2D eigenvalue weighted by atomic mass is 32.2. The quantitative estimate of drug-likeness (QED) is 0.747. The van der Waals surface area contributed by atoms with Crippen molar-refractivity contribution in [2.24, 2.45) is 0 Å². The summed E-state index contributed by atoms with van der Waals surface area (Å²) in [6.45, 7) is -0.348. The molecule has 2 rings (SSSR count). The van der Waals surface area contributed by atoms with Crippen LogP contribution in [-0.4, -0.2) is 48.1 Å². The Labute approximate surface area is 118 Å². The lowest BCUT2D eigenvalue weighted by molar-refractivity contribution is 0.169. The number of hydrogen-bond donors (Lipinski definition) is 3. The second-order valence-electron chi connectivity index (χ2n) is 4.07. The lowest BCUT2D eigenvalue weighted by atomic mass is 10.3. The lowest BCUT2D eigenvalue weighted by Crippen LogP contribution is -2.35. The summed E-state index contributed by atoms with van der Waals surface area (Å²) in [4.78, 5) is 14.3. The lowest BCUT2D eigenvalue weighted by Gasteiger charge is -2.09. The summed E-state index contributed by atoms with van der Waals surface area (Å²) in [5.74, 6) is -0.576. The zero-order valence-electron chi connectivity index (χ0n) is 10.2. The molecule has 2 aromatic rings. The molecule has 0 aliphatic carbocycles. The van der Waals surface area contributed by atoms with Gasteiger partial charge in [-0.25, -0.2) is 18.2 Å². The monoisotopic (exact) mass is 316 g/mol. The molecule has 0 aliphatic heterocycles. The number of thiazole rings is 1. The molecule has 3 N–H and O–H groups in total. The summed E-state index contributed by atoms with van der Waals surface area (Å²) >= 11 is 1.02. The molecule has 0 aliphatic rings. The van der Waals surface area contributed by atoms with Gasteiger partial charge < -0.3 is 15.5 Å². The van der Waals surface area contributed by atoms with Gasteiger partial charge in [0.15, 0.2) is 0 Å². The molecule has 0 bridgehead atoms. The van der Waals surface area contributed by atoms with E-state index in [0.717, 1.165) is 16.0 Å². The van der Waals surface area contributed by atoms with Crippen LogP contribution in [0.2, 0.25) is 0 Å². The second kappa shape index (κ2) is 5.73. The van der Waals surface area contributed by atoms with Crippen LogP contribution in [0.15, 0.2) is 28.6 Å². The van der Waals surface area contributed by atoms with Gasteiger partial charge in [0.25, 0.3) is 0 Å². The number of nitrogens with one attached hydrogen (secondary N) is 1. The molecule has 0 unspecified atom stereocenters. The van der Waals surface area contributed by atoms with Crippen molar-refractivity contribution in [3.05, 3.63) is 24.3 Å². The van der Waals surface area contributed by atoms with E-state index in [1.165, 1.54) is 0 Å². The number of aliphatic hydroxyl groups excluding tert-OH is 1. The Morgan fingerprint density at radius 3 is 2.75 bits per heavy atom. The van der Waals surface area contributed by atoms with E-state index in [4.69, 9.17) is 5.11 Å². The van der Waals surface area contributed by atoms with Gasteiger partial charge in [0, 0.05) is 6.54 Å². The van der Waals surface area contributed by atoms with Gasteiger partial charge in [-0.05, 0) is 12.1 Å². The van der Waals surface area contributed by atoms with E-state index < -0.39 is 27.8 Å². The fourth-order valence-corrected chi connectivity index (χ4v) is 4.26. The predicted octanol–water partition coefficient (Wildman–Crippen LogP) is 0.698. The first-order valence-corrected chi connectivity index (χ1v) is 8.08. The molecule has 0 spiro atoms. The van der Waals surface area contributed by atoms with Crippen LogP contribution in [0.25, 0.3) is 10.2 Å². The number of para-hydroxylation sites is 1. The summed E-state index contributed by atoms with van der Waals surface area (Å²) in [5, 5.41) is 19.9. The third-order valence-corrected chi connectivity index (χ3v) is 5.73. The zero-order valence-corrected chi connectivity index (χ0v) is 11.8. The summed E-state index contributed by atoms with van der Waals surface area (Å²) < 4.78 is 24.8. The van der Waals surface area contributed by atoms with Crippen LogP contribution in [0, 0.1) is 0 Å². The number of hydrogen-bond acceptors (Lipinski definition) is 6. The highest BCUT2D eigenvalue weighted by molar-refractivity contribution is 7.93. The third kappa shape index (κ3) is 3.44. The topological polar surface area (TPSA) is 117 Å². The molecule has 7 nitrogen and oxygen atoms in total. The van der Waals surface area contributed by atoms with Gasteiger partial charge in [-0.3, -0.25) is 0 Å². The van der Waals surface area contributed by atoms with Crippen LogP contribution in [0.1, 0.15) is 0 Å². The highest BCUT2D eigenvalue weighted by Gasteiger charge is 2.23. The first kappa shape index (κ1) is 14.7. The van der Waals surface area contributed by atoms with Crippen LogP contribution in [-0.2, 0) is 9.84 Å². The Morgan fingerprint density at radius 2 is 2.10 bits per heavy atom. The largest absolute Gasteiger partial charge is 0.465 e. The van der Waals surface area contributed by atoms with Crippen molar-refractivity contribution in [3.8, 4) is 0 Å². The SMILES string of the molecule is O=C(O)NC[C@@H](O)CS(=O)(=O)c1nc2ccccc2s1. The average molecular weight is 316 g/mol. The number of carboxylic acid groups (broad SMARTS) is 1. The van der Waals surface area contributed by atoms with Gasteiger partial charge in [0.05, 0.1) is 22.1 Å². The van der Waals surface area contributed by atoms with E-state index in [1.807, 2.05) is 5.32 Å². The average Bonchev–Trinajstić information content (AvgIpc) is 2.80. The maximum absolute atomic E-state index is 12.1. The first-order valence-electron chi connectivity index (χ1n) is 5.61. The molecule has 0 fully saturated rings. The molecule has 1 aromatic carbocycles. The van der Waals surface area contributed by atoms with E-state index >= 15 is 0 Å². The van der Waals surface area contributed by atoms with E-state index in [2.05, 4.69) is 4.98 Å². The number of fused-ring (bicyclic) bond motifs is 1. The standard InChI is InChI=1S/C11H12N2O5S2/c14-7(5-12-10(15)16)6-20(17,18)11-13-8-3-1-2-4-9(8)19-11/h1-4,7,12,14H,5-6H2,(H,15,16)/t7-/m1/s1. The van der Waals surface area contributed by atoms with Crippen LogP contribution in [0.5, 0.6) is 0 Å². The Bertz CT molecular complexity index is 692. The number of benzene rings is 1. The molecule has 0 radical (unpaired) electrons. The molecule has 20 heavy (non-hydrogen) atoms. The number of amides is 1. The highest BCUT2D eigenvalue weighted by Crippen LogP contribution is 2.25. The van der Waals surface area contributed by atoms with Crippen LogP contribution >= 0.6 is 11.3 Å². The second-order valence-corrected chi connectivity index (χ2v) is 7.31. The summed E-state index contributed by atoms with van der Waals surface area (Å²) in [7, 11) is -3.74. The molecular formula is C11H12N2O5S2. The minimum atomic E-state index is -3.74. The maximum Gasteiger partial charge on any atom is 0.404 e. The number of sulfone groups is 1.